The van der Waals surface area contributed by atoms with Crippen LogP contribution in [0.3, 0.4) is 0 Å². The molecule has 0 aliphatic carbocycles. The SMILES string of the molecule is Cc1ccc(C)c(OCC(=O)NCCC[NH+](C)C)c1. The lowest BCUT2D eigenvalue weighted by Crippen LogP contribution is -3.05. The van der Waals surface area contributed by atoms with Gasteiger partial charge in [0.25, 0.3) is 5.91 Å². The maximum Gasteiger partial charge on any atom is 0.257 e. The third kappa shape index (κ3) is 6.25. The molecule has 4 heteroatoms. The van der Waals surface area contributed by atoms with Gasteiger partial charge in [0.05, 0.1) is 20.6 Å². The van der Waals surface area contributed by atoms with Crippen molar-refractivity contribution in [2.24, 2.45) is 0 Å². The molecule has 1 aromatic carbocycles. The van der Waals surface area contributed by atoms with Crippen molar-refractivity contribution in [2.45, 2.75) is 20.3 Å². The van der Waals surface area contributed by atoms with E-state index >= 15 is 0 Å². The van der Waals surface area contributed by atoms with Gasteiger partial charge in [0.1, 0.15) is 5.75 Å². The van der Waals surface area contributed by atoms with Crippen molar-refractivity contribution in [1.29, 1.82) is 0 Å². The fourth-order valence-electron chi connectivity index (χ4n) is 1.73. The minimum atomic E-state index is -0.0605. The lowest BCUT2D eigenvalue weighted by atomic mass is 10.1. The molecular formula is C15H25N2O2+. The third-order valence-corrected chi connectivity index (χ3v) is 2.88. The van der Waals surface area contributed by atoms with Crippen LogP contribution in [0.4, 0.5) is 0 Å². The highest BCUT2D eigenvalue weighted by Crippen LogP contribution is 2.18. The Bertz CT molecular complexity index is 417. The zero-order valence-electron chi connectivity index (χ0n) is 12.4. The average molecular weight is 265 g/mol. The van der Waals surface area contributed by atoms with Crippen molar-refractivity contribution < 1.29 is 14.4 Å². The molecule has 0 aliphatic rings. The summed E-state index contributed by atoms with van der Waals surface area (Å²) in [6.07, 6.45) is 0.984. The van der Waals surface area contributed by atoms with E-state index in [1.807, 2.05) is 32.0 Å². The summed E-state index contributed by atoms with van der Waals surface area (Å²) < 4.78 is 5.54. The largest absolute Gasteiger partial charge is 0.483 e. The minimum Gasteiger partial charge on any atom is -0.483 e. The van der Waals surface area contributed by atoms with Gasteiger partial charge in [-0.1, -0.05) is 12.1 Å². The Hall–Kier alpha value is -1.55. The number of aryl methyl sites for hydroxylation is 2. The van der Waals surface area contributed by atoms with Gasteiger partial charge < -0.3 is 15.0 Å². The zero-order valence-corrected chi connectivity index (χ0v) is 12.4. The molecule has 0 bridgehead atoms. The highest BCUT2D eigenvalue weighted by molar-refractivity contribution is 5.77. The van der Waals surface area contributed by atoms with Crippen molar-refractivity contribution in [3.63, 3.8) is 0 Å². The molecule has 1 amide bonds. The summed E-state index contributed by atoms with van der Waals surface area (Å²) in [7, 11) is 4.21. The Kier molecular flexibility index (Phi) is 6.36. The molecule has 0 aliphatic heterocycles. The molecule has 1 aromatic rings. The summed E-state index contributed by atoms with van der Waals surface area (Å²) in [6, 6.07) is 5.99. The van der Waals surface area contributed by atoms with E-state index in [1.165, 1.54) is 4.90 Å². The number of ether oxygens (including phenoxy) is 1. The van der Waals surface area contributed by atoms with E-state index < -0.39 is 0 Å². The predicted octanol–water partition coefficient (Wildman–Crippen LogP) is 0.333. The van der Waals surface area contributed by atoms with Crippen LogP contribution in [0.2, 0.25) is 0 Å². The first-order chi connectivity index (χ1) is 8.99. The molecule has 19 heavy (non-hydrogen) atoms. The fraction of sp³-hybridized carbons (Fsp3) is 0.533. The molecule has 1 rings (SSSR count). The van der Waals surface area contributed by atoms with Crippen molar-refractivity contribution in [3.05, 3.63) is 29.3 Å². The Balaban J connectivity index is 2.28. The van der Waals surface area contributed by atoms with E-state index in [0.29, 0.717) is 6.54 Å². The van der Waals surface area contributed by atoms with Crippen LogP contribution in [-0.4, -0.2) is 39.7 Å². The number of hydrogen-bond acceptors (Lipinski definition) is 2. The third-order valence-electron chi connectivity index (χ3n) is 2.88. The molecule has 0 atom stereocenters. The first kappa shape index (κ1) is 15.5. The molecule has 0 spiro atoms. The molecular weight excluding hydrogens is 240 g/mol. The quantitative estimate of drug-likeness (QED) is 0.698. The van der Waals surface area contributed by atoms with E-state index in [4.69, 9.17) is 4.74 Å². The van der Waals surface area contributed by atoms with Crippen LogP contribution in [0.5, 0.6) is 5.75 Å². The van der Waals surface area contributed by atoms with Crippen LogP contribution >= 0.6 is 0 Å². The zero-order chi connectivity index (χ0) is 14.3. The van der Waals surface area contributed by atoms with E-state index in [9.17, 15) is 4.79 Å². The maximum atomic E-state index is 11.6. The van der Waals surface area contributed by atoms with E-state index in [0.717, 1.165) is 29.8 Å². The topological polar surface area (TPSA) is 42.8 Å². The number of carbonyl (C=O) groups is 1. The number of carbonyl (C=O) groups excluding carboxylic acids is 1. The lowest BCUT2D eigenvalue weighted by Gasteiger charge is -2.11. The van der Waals surface area contributed by atoms with Gasteiger partial charge in [-0.15, -0.1) is 0 Å². The van der Waals surface area contributed by atoms with E-state index in [-0.39, 0.29) is 12.5 Å². The summed E-state index contributed by atoms with van der Waals surface area (Å²) in [5.41, 5.74) is 2.18. The van der Waals surface area contributed by atoms with Crippen molar-refractivity contribution >= 4 is 5.91 Å². The first-order valence-corrected chi connectivity index (χ1v) is 6.75. The summed E-state index contributed by atoms with van der Waals surface area (Å²) in [5.74, 6) is 0.725. The highest BCUT2D eigenvalue weighted by Gasteiger charge is 2.05. The predicted molar refractivity (Wildman–Crippen MR) is 76.7 cm³/mol. The summed E-state index contributed by atoms with van der Waals surface area (Å²) >= 11 is 0. The highest BCUT2D eigenvalue weighted by atomic mass is 16.5. The monoisotopic (exact) mass is 265 g/mol. The number of hydrogen-bond donors (Lipinski definition) is 2. The second-order valence-corrected chi connectivity index (χ2v) is 5.22. The molecule has 2 N–H and O–H groups in total. The van der Waals surface area contributed by atoms with Gasteiger partial charge in [-0.3, -0.25) is 4.79 Å². The van der Waals surface area contributed by atoms with E-state index in [1.54, 1.807) is 0 Å². The summed E-state index contributed by atoms with van der Waals surface area (Å²) in [4.78, 5) is 13.0. The molecule has 0 fully saturated rings. The maximum absolute atomic E-state index is 11.6. The second kappa shape index (κ2) is 7.79. The fourth-order valence-corrected chi connectivity index (χ4v) is 1.73. The molecule has 0 radical (unpaired) electrons. The van der Waals surface area contributed by atoms with Crippen molar-refractivity contribution in [3.8, 4) is 5.75 Å². The molecule has 0 aromatic heterocycles. The van der Waals surface area contributed by atoms with Gasteiger partial charge >= 0.3 is 0 Å². The number of amides is 1. The lowest BCUT2D eigenvalue weighted by molar-refractivity contribution is -0.858. The second-order valence-electron chi connectivity index (χ2n) is 5.22. The average Bonchev–Trinajstić information content (AvgIpc) is 2.35. The minimum absolute atomic E-state index is 0.0605. The molecule has 0 unspecified atom stereocenters. The Morgan fingerprint density at radius 3 is 2.74 bits per heavy atom. The molecule has 0 heterocycles. The van der Waals surface area contributed by atoms with Gasteiger partial charge in [-0.2, -0.15) is 0 Å². The molecule has 4 nitrogen and oxygen atoms in total. The van der Waals surface area contributed by atoms with Gasteiger partial charge in [0.2, 0.25) is 0 Å². The van der Waals surface area contributed by atoms with E-state index in [2.05, 4.69) is 19.4 Å². The van der Waals surface area contributed by atoms with Crippen molar-refractivity contribution in [1.82, 2.24) is 5.32 Å². The Morgan fingerprint density at radius 2 is 2.05 bits per heavy atom. The van der Waals surface area contributed by atoms with Crippen LogP contribution in [0, 0.1) is 13.8 Å². The van der Waals surface area contributed by atoms with Gasteiger partial charge in [-0.05, 0) is 31.0 Å². The number of nitrogens with one attached hydrogen (secondary N) is 2. The number of benzene rings is 1. The van der Waals surface area contributed by atoms with Crippen LogP contribution < -0.4 is 15.0 Å². The molecule has 106 valence electrons. The normalized spacial score (nSPS) is 10.6. The number of rotatable bonds is 7. The van der Waals surface area contributed by atoms with Gasteiger partial charge in [0.15, 0.2) is 6.61 Å². The smallest absolute Gasteiger partial charge is 0.257 e. The molecule has 0 saturated carbocycles. The van der Waals surface area contributed by atoms with Gasteiger partial charge in [-0.25, -0.2) is 0 Å². The van der Waals surface area contributed by atoms with Crippen LogP contribution in [0.25, 0.3) is 0 Å². The Labute approximate surface area is 115 Å². The Morgan fingerprint density at radius 1 is 1.32 bits per heavy atom. The molecule has 0 saturated heterocycles. The summed E-state index contributed by atoms with van der Waals surface area (Å²) in [5, 5.41) is 2.87. The standard InChI is InChI=1S/C15H24N2O2/c1-12-6-7-13(2)14(10-12)19-11-15(18)16-8-5-9-17(3)4/h6-7,10H,5,8-9,11H2,1-4H3,(H,16,18)/p+1. The summed E-state index contributed by atoms with van der Waals surface area (Å²) in [6.45, 7) is 5.83. The van der Waals surface area contributed by atoms with Crippen LogP contribution in [0.1, 0.15) is 17.5 Å². The first-order valence-electron chi connectivity index (χ1n) is 6.75. The van der Waals surface area contributed by atoms with Crippen LogP contribution in [0.15, 0.2) is 18.2 Å². The van der Waals surface area contributed by atoms with Crippen molar-refractivity contribution in [2.75, 3.05) is 33.8 Å². The van der Waals surface area contributed by atoms with Gasteiger partial charge in [0, 0.05) is 13.0 Å². The number of quaternary nitrogens is 1. The van der Waals surface area contributed by atoms with Crippen LogP contribution in [-0.2, 0) is 4.79 Å².